The monoisotopic (exact) mass is 321 g/mol. The molecule has 9 heteroatoms. The van der Waals surface area contributed by atoms with Gasteiger partial charge in [-0.25, -0.2) is 15.0 Å². The molecule has 7 nitrogen and oxygen atoms in total. The van der Waals surface area contributed by atoms with Crippen molar-refractivity contribution in [3.05, 3.63) is 45.4 Å². The van der Waals surface area contributed by atoms with Crippen LogP contribution in [0.3, 0.4) is 0 Å². The molecule has 3 aromatic rings. The zero-order valence-corrected chi connectivity index (χ0v) is 12.3. The van der Waals surface area contributed by atoms with Gasteiger partial charge in [-0.15, -0.1) is 0 Å². The fourth-order valence-corrected chi connectivity index (χ4v) is 2.96. The SMILES string of the molecule is Cc1ccc2nc(Nc3ncnc(Cl)c3[N+](=O)[O-])sc2c1. The van der Waals surface area contributed by atoms with Gasteiger partial charge in [-0.1, -0.05) is 29.0 Å². The molecule has 106 valence electrons. The van der Waals surface area contributed by atoms with E-state index in [1.165, 1.54) is 11.3 Å². The second-order valence-electron chi connectivity index (χ2n) is 4.23. The lowest BCUT2D eigenvalue weighted by atomic mass is 10.2. The van der Waals surface area contributed by atoms with Crippen LogP contribution < -0.4 is 5.32 Å². The van der Waals surface area contributed by atoms with Gasteiger partial charge in [0.05, 0.1) is 15.1 Å². The third kappa shape index (κ3) is 2.63. The van der Waals surface area contributed by atoms with Gasteiger partial charge in [0.1, 0.15) is 6.33 Å². The number of nitrogens with zero attached hydrogens (tertiary/aromatic N) is 4. The number of rotatable bonds is 3. The van der Waals surface area contributed by atoms with Crippen LogP contribution in [0.4, 0.5) is 16.6 Å². The van der Waals surface area contributed by atoms with Crippen LogP contribution in [-0.4, -0.2) is 19.9 Å². The number of aromatic nitrogens is 3. The van der Waals surface area contributed by atoms with Gasteiger partial charge in [-0.05, 0) is 24.6 Å². The Labute approximate surface area is 127 Å². The standard InChI is InChI=1S/C12H8ClN5O2S/c1-6-2-3-7-8(4-6)21-12(16-7)17-11-9(18(19)20)10(13)14-5-15-11/h2-5H,1H3,(H,14,15,16,17). The van der Waals surface area contributed by atoms with Crippen LogP contribution >= 0.6 is 22.9 Å². The summed E-state index contributed by atoms with van der Waals surface area (Å²) in [7, 11) is 0. The summed E-state index contributed by atoms with van der Waals surface area (Å²) in [4.78, 5) is 22.2. The maximum absolute atomic E-state index is 11.0. The molecule has 3 rings (SSSR count). The largest absolute Gasteiger partial charge is 0.348 e. The van der Waals surface area contributed by atoms with Crippen molar-refractivity contribution in [3.8, 4) is 0 Å². The second-order valence-corrected chi connectivity index (χ2v) is 5.62. The lowest BCUT2D eigenvalue weighted by Gasteiger charge is -2.02. The highest BCUT2D eigenvalue weighted by atomic mass is 35.5. The minimum Gasteiger partial charge on any atom is -0.310 e. The molecule has 0 atom stereocenters. The van der Waals surface area contributed by atoms with Gasteiger partial charge in [0.25, 0.3) is 0 Å². The van der Waals surface area contributed by atoms with E-state index >= 15 is 0 Å². The third-order valence-corrected chi connectivity index (χ3v) is 3.94. The van der Waals surface area contributed by atoms with Crippen LogP contribution in [0.15, 0.2) is 24.5 Å². The van der Waals surface area contributed by atoms with Crippen LogP contribution in [0, 0.1) is 17.0 Å². The van der Waals surface area contributed by atoms with E-state index in [2.05, 4.69) is 20.3 Å². The summed E-state index contributed by atoms with van der Waals surface area (Å²) in [6, 6.07) is 5.85. The van der Waals surface area contributed by atoms with Gasteiger partial charge in [0.2, 0.25) is 11.0 Å². The molecule has 0 spiro atoms. The average molecular weight is 322 g/mol. The lowest BCUT2D eigenvalue weighted by molar-refractivity contribution is -0.384. The number of hydrogen-bond acceptors (Lipinski definition) is 7. The van der Waals surface area contributed by atoms with Crippen LogP contribution in [0.5, 0.6) is 0 Å². The van der Waals surface area contributed by atoms with Crippen molar-refractivity contribution >= 4 is 49.8 Å². The normalized spacial score (nSPS) is 10.8. The maximum Gasteiger partial charge on any atom is 0.348 e. The fourth-order valence-electron chi connectivity index (χ4n) is 1.80. The average Bonchev–Trinajstić information content (AvgIpc) is 2.79. The van der Waals surface area contributed by atoms with E-state index in [0.29, 0.717) is 5.13 Å². The summed E-state index contributed by atoms with van der Waals surface area (Å²) in [5.41, 5.74) is 1.57. The number of fused-ring (bicyclic) bond motifs is 1. The predicted octanol–water partition coefficient (Wildman–Crippen LogP) is 3.70. The molecule has 2 heterocycles. The molecular weight excluding hydrogens is 314 g/mol. The molecule has 0 fully saturated rings. The molecule has 0 saturated carbocycles. The smallest absolute Gasteiger partial charge is 0.310 e. The Balaban J connectivity index is 2.02. The van der Waals surface area contributed by atoms with Crippen molar-refractivity contribution in [1.29, 1.82) is 0 Å². The first-order valence-electron chi connectivity index (χ1n) is 5.83. The highest BCUT2D eigenvalue weighted by molar-refractivity contribution is 7.22. The second kappa shape index (κ2) is 5.23. The van der Waals surface area contributed by atoms with Gasteiger partial charge < -0.3 is 5.32 Å². The summed E-state index contributed by atoms with van der Waals surface area (Å²) in [6.07, 6.45) is 1.16. The molecule has 0 radical (unpaired) electrons. The van der Waals surface area contributed by atoms with Crippen molar-refractivity contribution in [2.45, 2.75) is 6.92 Å². The predicted molar refractivity (Wildman–Crippen MR) is 81.3 cm³/mol. The van der Waals surface area contributed by atoms with Crippen molar-refractivity contribution in [3.63, 3.8) is 0 Å². The molecule has 0 aliphatic carbocycles. The first-order valence-corrected chi connectivity index (χ1v) is 7.03. The Hall–Kier alpha value is -2.32. The summed E-state index contributed by atoms with van der Waals surface area (Å²) in [5, 5.41) is 14.2. The van der Waals surface area contributed by atoms with E-state index in [9.17, 15) is 10.1 Å². The topological polar surface area (TPSA) is 93.8 Å². The number of benzene rings is 1. The van der Waals surface area contributed by atoms with Gasteiger partial charge in [-0.2, -0.15) is 0 Å². The fraction of sp³-hybridized carbons (Fsp3) is 0.0833. The minimum absolute atomic E-state index is 0.0239. The quantitative estimate of drug-likeness (QED) is 0.449. The van der Waals surface area contributed by atoms with Crippen molar-refractivity contribution in [2.75, 3.05) is 5.32 Å². The maximum atomic E-state index is 11.0. The molecule has 1 N–H and O–H groups in total. The number of hydrogen-bond donors (Lipinski definition) is 1. The van der Waals surface area contributed by atoms with Crippen molar-refractivity contribution in [2.24, 2.45) is 0 Å². The van der Waals surface area contributed by atoms with E-state index in [1.807, 2.05) is 25.1 Å². The number of halogens is 1. The molecule has 0 unspecified atom stereocenters. The first-order chi connectivity index (χ1) is 10.0. The Morgan fingerprint density at radius 3 is 2.95 bits per heavy atom. The molecule has 0 amide bonds. The summed E-state index contributed by atoms with van der Waals surface area (Å²) < 4.78 is 0.986. The highest BCUT2D eigenvalue weighted by Crippen LogP contribution is 2.33. The summed E-state index contributed by atoms with van der Waals surface area (Å²) in [6.45, 7) is 1.99. The Bertz CT molecular complexity index is 851. The van der Waals surface area contributed by atoms with Crippen LogP contribution in [0.1, 0.15) is 5.56 Å². The molecular formula is C12H8ClN5O2S. The van der Waals surface area contributed by atoms with E-state index in [4.69, 9.17) is 11.6 Å². The first kappa shape index (κ1) is 13.7. The Kier molecular flexibility index (Phi) is 3.40. The summed E-state index contributed by atoms with van der Waals surface area (Å²) >= 11 is 7.12. The van der Waals surface area contributed by atoms with Gasteiger partial charge >= 0.3 is 5.69 Å². The molecule has 0 aliphatic heterocycles. The third-order valence-electron chi connectivity index (χ3n) is 2.73. The number of aryl methyl sites for hydroxylation is 1. The van der Waals surface area contributed by atoms with Crippen LogP contribution in [-0.2, 0) is 0 Å². The number of nitro groups is 1. The molecule has 1 aromatic carbocycles. The van der Waals surface area contributed by atoms with E-state index in [1.54, 1.807) is 0 Å². The van der Waals surface area contributed by atoms with Crippen LogP contribution in [0.25, 0.3) is 10.2 Å². The van der Waals surface area contributed by atoms with Gasteiger partial charge in [0.15, 0.2) is 5.13 Å². The van der Waals surface area contributed by atoms with Gasteiger partial charge in [-0.3, -0.25) is 10.1 Å². The van der Waals surface area contributed by atoms with E-state index < -0.39 is 4.92 Å². The number of anilines is 2. The molecule has 2 aromatic heterocycles. The van der Waals surface area contributed by atoms with Crippen molar-refractivity contribution < 1.29 is 4.92 Å². The Morgan fingerprint density at radius 2 is 2.19 bits per heavy atom. The number of nitrogens with one attached hydrogen (secondary N) is 1. The minimum atomic E-state index is -0.623. The van der Waals surface area contributed by atoms with Crippen LogP contribution in [0.2, 0.25) is 5.15 Å². The lowest BCUT2D eigenvalue weighted by Crippen LogP contribution is -2.01. The van der Waals surface area contributed by atoms with Crippen molar-refractivity contribution in [1.82, 2.24) is 15.0 Å². The molecule has 0 saturated heterocycles. The number of thiazole rings is 1. The van der Waals surface area contributed by atoms with E-state index in [0.717, 1.165) is 22.1 Å². The van der Waals surface area contributed by atoms with E-state index in [-0.39, 0.29) is 16.7 Å². The van der Waals surface area contributed by atoms with Gasteiger partial charge in [0, 0.05) is 0 Å². The summed E-state index contributed by atoms with van der Waals surface area (Å²) in [5.74, 6) is 0.0239. The molecule has 0 aliphatic rings. The Morgan fingerprint density at radius 1 is 1.38 bits per heavy atom. The highest BCUT2D eigenvalue weighted by Gasteiger charge is 2.22. The zero-order chi connectivity index (χ0) is 15.0. The zero-order valence-electron chi connectivity index (χ0n) is 10.7. The molecule has 0 bridgehead atoms. The molecule has 21 heavy (non-hydrogen) atoms.